The van der Waals surface area contributed by atoms with Gasteiger partial charge in [-0.2, -0.15) is 4.39 Å². The van der Waals surface area contributed by atoms with Crippen molar-refractivity contribution in [3.63, 3.8) is 0 Å². The molecule has 0 unspecified atom stereocenters. The summed E-state index contributed by atoms with van der Waals surface area (Å²) in [7, 11) is 0. The molecule has 0 aliphatic heterocycles. The Morgan fingerprint density at radius 3 is 2.60 bits per heavy atom. The largest absolute Gasteiger partial charge is 0.395 e. The molecular weight excluding hydrogens is 206 g/mol. The van der Waals surface area contributed by atoms with Gasteiger partial charge >= 0.3 is 0 Å². The third-order valence-electron chi connectivity index (χ3n) is 0.944. The Hall–Kier alpha value is -0.710. The molecule has 0 saturated heterocycles. The van der Waals surface area contributed by atoms with Gasteiger partial charge in [0.2, 0.25) is 5.95 Å². The number of nitrogens with two attached hydrogens (primary N) is 1. The first-order chi connectivity index (χ1) is 4.63. The van der Waals surface area contributed by atoms with E-state index in [1.54, 1.807) is 0 Å². The Kier molecular flexibility index (Phi) is 1.85. The number of aromatic nitrogens is 1. The van der Waals surface area contributed by atoms with Gasteiger partial charge in [0.25, 0.3) is 0 Å². The molecule has 0 bridgehead atoms. The van der Waals surface area contributed by atoms with Crippen molar-refractivity contribution in [2.75, 3.05) is 5.73 Å². The lowest BCUT2D eigenvalue weighted by Crippen LogP contribution is -1.96. The van der Waals surface area contributed by atoms with Crippen LogP contribution in [0.2, 0.25) is 0 Å². The lowest BCUT2D eigenvalue weighted by atomic mass is 10.4. The van der Waals surface area contributed by atoms with Crippen LogP contribution in [-0.4, -0.2) is 4.98 Å². The Labute approximate surface area is 64.2 Å². The molecule has 0 aliphatic rings. The van der Waals surface area contributed by atoms with E-state index in [1.807, 2.05) is 0 Å². The van der Waals surface area contributed by atoms with E-state index in [1.165, 1.54) is 0 Å². The summed E-state index contributed by atoms with van der Waals surface area (Å²) in [4.78, 5) is 3.16. The van der Waals surface area contributed by atoms with Crippen molar-refractivity contribution in [1.82, 2.24) is 4.98 Å². The molecule has 1 heterocycles. The predicted octanol–water partition coefficient (Wildman–Crippen LogP) is 1.70. The van der Waals surface area contributed by atoms with Crippen molar-refractivity contribution in [3.05, 3.63) is 22.4 Å². The average molecular weight is 209 g/mol. The molecular formula is C5H3BrF2N2. The molecule has 10 heavy (non-hydrogen) atoms. The van der Waals surface area contributed by atoms with E-state index in [-0.39, 0.29) is 10.2 Å². The zero-order valence-corrected chi connectivity index (χ0v) is 6.32. The molecule has 54 valence electrons. The van der Waals surface area contributed by atoms with Crippen molar-refractivity contribution in [3.8, 4) is 0 Å². The zero-order valence-electron chi connectivity index (χ0n) is 4.74. The average Bonchev–Trinajstić information content (AvgIpc) is 1.93. The standard InChI is InChI=1S/C5H3BrF2N2/c6-3-4(7)2(9)1-10-5(3)8/h1H,9H2. The summed E-state index contributed by atoms with van der Waals surface area (Å²) >= 11 is 2.64. The highest BCUT2D eigenvalue weighted by atomic mass is 79.9. The van der Waals surface area contributed by atoms with E-state index in [0.29, 0.717) is 0 Å². The van der Waals surface area contributed by atoms with Gasteiger partial charge in [-0.15, -0.1) is 0 Å². The van der Waals surface area contributed by atoms with Gasteiger partial charge in [-0.1, -0.05) is 0 Å². The minimum Gasteiger partial charge on any atom is -0.395 e. The van der Waals surface area contributed by atoms with Gasteiger partial charge in [0.1, 0.15) is 4.47 Å². The molecule has 0 spiro atoms. The molecule has 1 aromatic heterocycles. The Bertz CT molecular complexity index is 237. The van der Waals surface area contributed by atoms with Gasteiger partial charge in [-0.3, -0.25) is 0 Å². The molecule has 5 heteroatoms. The minimum atomic E-state index is -0.897. The maximum Gasteiger partial charge on any atom is 0.230 e. The molecule has 0 radical (unpaired) electrons. The Morgan fingerprint density at radius 1 is 1.50 bits per heavy atom. The summed E-state index contributed by atoms with van der Waals surface area (Å²) in [6.45, 7) is 0. The van der Waals surface area contributed by atoms with Gasteiger partial charge in [-0.25, -0.2) is 9.37 Å². The summed E-state index contributed by atoms with van der Waals surface area (Å²) in [6, 6.07) is 0. The fourth-order valence-electron chi connectivity index (χ4n) is 0.457. The Morgan fingerprint density at radius 2 is 2.10 bits per heavy atom. The van der Waals surface area contributed by atoms with Crippen molar-refractivity contribution in [2.45, 2.75) is 0 Å². The fraction of sp³-hybridized carbons (Fsp3) is 0. The molecule has 0 fully saturated rings. The van der Waals surface area contributed by atoms with E-state index < -0.39 is 11.8 Å². The number of nitrogens with zero attached hydrogens (tertiary/aromatic N) is 1. The summed E-state index contributed by atoms with van der Waals surface area (Å²) in [6.07, 6.45) is 0.926. The van der Waals surface area contributed by atoms with Crippen molar-refractivity contribution in [2.24, 2.45) is 0 Å². The SMILES string of the molecule is Nc1cnc(F)c(Br)c1F. The van der Waals surface area contributed by atoms with Crippen LogP contribution in [0.5, 0.6) is 0 Å². The highest BCUT2D eigenvalue weighted by Crippen LogP contribution is 2.21. The van der Waals surface area contributed by atoms with E-state index >= 15 is 0 Å². The lowest BCUT2D eigenvalue weighted by molar-refractivity contribution is 0.543. The maximum atomic E-state index is 12.5. The van der Waals surface area contributed by atoms with E-state index in [0.717, 1.165) is 6.20 Å². The van der Waals surface area contributed by atoms with Crippen molar-refractivity contribution < 1.29 is 8.78 Å². The second kappa shape index (κ2) is 2.49. The highest BCUT2D eigenvalue weighted by molar-refractivity contribution is 9.10. The number of halogens is 3. The molecule has 2 N–H and O–H groups in total. The van der Waals surface area contributed by atoms with Gasteiger partial charge in [0.05, 0.1) is 11.9 Å². The summed E-state index contributed by atoms with van der Waals surface area (Å²) in [5, 5.41) is 0. The quantitative estimate of drug-likeness (QED) is 0.660. The lowest BCUT2D eigenvalue weighted by Gasteiger charge is -1.97. The third kappa shape index (κ3) is 1.09. The molecule has 0 aliphatic carbocycles. The number of anilines is 1. The Balaban J connectivity index is 3.34. The van der Waals surface area contributed by atoms with Crippen LogP contribution in [-0.2, 0) is 0 Å². The number of nitrogen functional groups attached to an aromatic ring is 1. The van der Waals surface area contributed by atoms with Crippen LogP contribution in [0.1, 0.15) is 0 Å². The van der Waals surface area contributed by atoms with E-state index in [9.17, 15) is 8.78 Å². The first kappa shape index (κ1) is 7.40. The van der Waals surface area contributed by atoms with Crippen LogP contribution in [0.3, 0.4) is 0 Å². The van der Waals surface area contributed by atoms with Crippen LogP contribution < -0.4 is 5.73 Å². The molecule has 0 amide bonds. The van der Waals surface area contributed by atoms with Crippen LogP contribution in [0.15, 0.2) is 10.7 Å². The molecule has 2 nitrogen and oxygen atoms in total. The van der Waals surface area contributed by atoms with Gasteiger partial charge < -0.3 is 5.73 Å². The smallest absolute Gasteiger partial charge is 0.230 e. The number of rotatable bonds is 0. The van der Waals surface area contributed by atoms with Gasteiger partial charge in [0.15, 0.2) is 5.82 Å². The summed E-state index contributed by atoms with van der Waals surface area (Å²) in [5.74, 6) is -1.71. The van der Waals surface area contributed by atoms with Gasteiger partial charge in [-0.05, 0) is 15.9 Å². The summed E-state index contributed by atoms with van der Waals surface area (Å²) in [5.41, 5.74) is 4.88. The van der Waals surface area contributed by atoms with Crippen molar-refractivity contribution in [1.29, 1.82) is 0 Å². The number of hydrogen-bond donors (Lipinski definition) is 1. The minimum absolute atomic E-state index is 0.173. The molecule has 0 atom stereocenters. The van der Waals surface area contributed by atoms with Gasteiger partial charge in [0, 0.05) is 0 Å². The summed E-state index contributed by atoms with van der Waals surface area (Å²) < 4.78 is 24.5. The normalized spacial score (nSPS) is 9.90. The zero-order chi connectivity index (χ0) is 7.72. The first-order valence-electron chi connectivity index (χ1n) is 2.38. The number of pyridine rings is 1. The monoisotopic (exact) mass is 208 g/mol. The topological polar surface area (TPSA) is 38.9 Å². The molecule has 0 saturated carbocycles. The van der Waals surface area contributed by atoms with Crippen molar-refractivity contribution >= 4 is 21.6 Å². The van der Waals surface area contributed by atoms with Crippen LogP contribution in [0.4, 0.5) is 14.5 Å². The maximum absolute atomic E-state index is 12.5. The van der Waals surface area contributed by atoms with Crippen LogP contribution in [0, 0.1) is 11.8 Å². The third-order valence-corrected chi connectivity index (χ3v) is 1.62. The second-order valence-corrected chi connectivity index (χ2v) is 2.43. The molecule has 1 aromatic rings. The first-order valence-corrected chi connectivity index (χ1v) is 3.17. The van der Waals surface area contributed by atoms with E-state index in [4.69, 9.17) is 5.73 Å². The van der Waals surface area contributed by atoms with Crippen LogP contribution in [0.25, 0.3) is 0 Å². The molecule has 1 rings (SSSR count). The highest BCUT2D eigenvalue weighted by Gasteiger charge is 2.08. The van der Waals surface area contributed by atoms with Crippen LogP contribution >= 0.6 is 15.9 Å². The number of hydrogen-bond acceptors (Lipinski definition) is 2. The molecule has 0 aromatic carbocycles. The van der Waals surface area contributed by atoms with E-state index in [2.05, 4.69) is 20.9 Å². The fourth-order valence-corrected chi connectivity index (χ4v) is 0.788. The predicted molar refractivity (Wildman–Crippen MR) is 36.3 cm³/mol. The second-order valence-electron chi connectivity index (χ2n) is 1.63.